The number of carbonyl (C=O) groups excluding carboxylic acids is 2. The molecule has 0 saturated heterocycles. The fraction of sp³-hybridized carbons (Fsp3) is 0.143. The van der Waals surface area contributed by atoms with Crippen molar-refractivity contribution in [3.63, 3.8) is 0 Å². The molecule has 1 aromatic carbocycles. The summed E-state index contributed by atoms with van der Waals surface area (Å²) in [4.78, 5) is 24.8. The highest BCUT2D eigenvalue weighted by atomic mass is 32.2. The Bertz CT molecular complexity index is 596. The number of thiophene rings is 1. The lowest BCUT2D eigenvalue weighted by Gasteiger charge is -2.07. The summed E-state index contributed by atoms with van der Waals surface area (Å²) in [5, 5.41) is 4.47. The first kappa shape index (κ1) is 14.6. The van der Waals surface area contributed by atoms with Crippen LogP contribution in [0.25, 0.3) is 0 Å². The summed E-state index contributed by atoms with van der Waals surface area (Å²) >= 11 is 2.87. The molecular weight excluding hydrogens is 294 g/mol. The van der Waals surface area contributed by atoms with E-state index in [-0.39, 0.29) is 12.5 Å². The lowest BCUT2D eigenvalue weighted by Crippen LogP contribution is -2.20. The van der Waals surface area contributed by atoms with Gasteiger partial charge in [0.2, 0.25) is 0 Å². The normalized spacial score (nSPS) is 10.1. The monoisotopic (exact) mass is 307 g/mol. The number of thioether (sulfide) groups is 1. The molecule has 0 radical (unpaired) electrons. The number of anilines is 1. The lowest BCUT2D eigenvalue weighted by molar-refractivity contribution is -0.119. The van der Waals surface area contributed by atoms with Gasteiger partial charge in [-0.1, -0.05) is 12.1 Å². The molecule has 1 heterocycles. The molecule has 1 amide bonds. The number of rotatable bonds is 5. The van der Waals surface area contributed by atoms with Gasteiger partial charge in [0.15, 0.2) is 6.61 Å². The van der Waals surface area contributed by atoms with Gasteiger partial charge in [0.05, 0.1) is 0 Å². The number of benzene rings is 1. The Labute approximate surface area is 125 Å². The molecule has 1 N–H and O–H groups in total. The van der Waals surface area contributed by atoms with E-state index >= 15 is 0 Å². The minimum absolute atomic E-state index is 0.291. The average Bonchev–Trinajstić information content (AvgIpc) is 2.99. The third kappa shape index (κ3) is 4.11. The molecule has 2 aromatic rings. The minimum Gasteiger partial charge on any atom is -0.451 e. The van der Waals surface area contributed by atoms with Crippen molar-refractivity contribution >= 4 is 40.7 Å². The number of amides is 1. The van der Waals surface area contributed by atoms with Crippen molar-refractivity contribution in [1.82, 2.24) is 0 Å². The lowest BCUT2D eigenvalue weighted by atomic mass is 10.3. The zero-order chi connectivity index (χ0) is 14.4. The molecule has 4 nitrogen and oxygen atoms in total. The molecule has 20 heavy (non-hydrogen) atoms. The molecule has 2 rings (SSSR count). The Hall–Kier alpha value is -1.79. The molecule has 0 saturated carbocycles. The van der Waals surface area contributed by atoms with Crippen LogP contribution in [0.3, 0.4) is 0 Å². The maximum absolute atomic E-state index is 11.7. The highest BCUT2D eigenvalue weighted by molar-refractivity contribution is 7.98. The molecule has 0 unspecified atom stereocenters. The second kappa shape index (κ2) is 7.12. The first-order valence-corrected chi connectivity index (χ1v) is 7.94. The first-order valence-electron chi connectivity index (χ1n) is 5.83. The second-order valence-corrected chi connectivity index (χ2v) is 5.66. The Morgan fingerprint density at radius 2 is 2.15 bits per heavy atom. The second-order valence-electron chi connectivity index (χ2n) is 3.83. The van der Waals surface area contributed by atoms with Crippen LogP contribution in [-0.4, -0.2) is 24.7 Å². The quantitative estimate of drug-likeness (QED) is 0.680. The summed E-state index contributed by atoms with van der Waals surface area (Å²) in [5.41, 5.74) is 0.689. The van der Waals surface area contributed by atoms with Crippen molar-refractivity contribution in [2.75, 3.05) is 18.2 Å². The third-order valence-electron chi connectivity index (χ3n) is 2.41. The van der Waals surface area contributed by atoms with Crippen LogP contribution in [0.1, 0.15) is 9.67 Å². The summed E-state index contributed by atoms with van der Waals surface area (Å²) in [7, 11) is 0. The van der Waals surface area contributed by atoms with Crippen molar-refractivity contribution in [2.24, 2.45) is 0 Å². The number of hydrogen-bond donors (Lipinski definition) is 1. The molecule has 0 aliphatic rings. The number of nitrogens with one attached hydrogen (secondary N) is 1. The summed E-state index contributed by atoms with van der Waals surface area (Å²) < 4.78 is 4.93. The average molecular weight is 307 g/mol. The van der Waals surface area contributed by atoms with E-state index in [1.54, 1.807) is 35.3 Å². The zero-order valence-electron chi connectivity index (χ0n) is 10.8. The molecule has 0 bridgehead atoms. The summed E-state index contributed by atoms with van der Waals surface area (Å²) in [5.74, 6) is -0.832. The molecule has 104 valence electrons. The Balaban J connectivity index is 1.85. The van der Waals surface area contributed by atoms with Crippen molar-refractivity contribution in [2.45, 2.75) is 4.90 Å². The van der Waals surface area contributed by atoms with Crippen LogP contribution in [0.15, 0.2) is 46.7 Å². The van der Waals surface area contributed by atoms with Crippen LogP contribution in [-0.2, 0) is 9.53 Å². The maximum Gasteiger partial charge on any atom is 0.348 e. The summed E-state index contributed by atoms with van der Waals surface area (Å²) in [6.07, 6.45) is 1.96. The van der Waals surface area contributed by atoms with Crippen LogP contribution in [0, 0.1) is 0 Å². The van der Waals surface area contributed by atoms with E-state index in [2.05, 4.69) is 5.32 Å². The van der Waals surface area contributed by atoms with Crippen LogP contribution < -0.4 is 5.32 Å². The molecule has 0 spiro atoms. The van der Waals surface area contributed by atoms with E-state index in [1.807, 2.05) is 24.5 Å². The highest BCUT2D eigenvalue weighted by Gasteiger charge is 2.11. The van der Waals surface area contributed by atoms with E-state index in [0.29, 0.717) is 10.6 Å². The van der Waals surface area contributed by atoms with Gasteiger partial charge >= 0.3 is 5.97 Å². The predicted molar refractivity (Wildman–Crippen MR) is 81.5 cm³/mol. The Morgan fingerprint density at radius 1 is 1.30 bits per heavy atom. The van der Waals surface area contributed by atoms with Crippen LogP contribution in [0.4, 0.5) is 5.69 Å². The van der Waals surface area contributed by atoms with Crippen molar-refractivity contribution in [1.29, 1.82) is 0 Å². The fourth-order valence-electron chi connectivity index (χ4n) is 1.49. The molecule has 0 aliphatic carbocycles. The summed E-state index contributed by atoms with van der Waals surface area (Å²) in [6, 6.07) is 10.9. The number of esters is 1. The van der Waals surface area contributed by atoms with E-state index in [9.17, 15) is 9.59 Å². The molecule has 0 atom stereocenters. The largest absolute Gasteiger partial charge is 0.451 e. The van der Waals surface area contributed by atoms with Gasteiger partial charge in [-0.05, 0) is 35.9 Å². The topological polar surface area (TPSA) is 55.4 Å². The van der Waals surface area contributed by atoms with E-state index in [4.69, 9.17) is 4.74 Å². The van der Waals surface area contributed by atoms with Crippen molar-refractivity contribution in [3.8, 4) is 0 Å². The van der Waals surface area contributed by atoms with E-state index in [0.717, 1.165) is 4.90 Å². The van der Waals surface area contributed by atoms with Crippen LogP contribution in [0.2, 0.25) is 0 Å². The van der Waals surface area contributed by atoms with Gasteiger partial charge in [-0.2, -0.15) is 0 Å². The van der Waals surface area contributed by atoms with E-state index in [1.165, 1.54) is 11.3 Å². The van der Waals surface area contributed by atoms with E-state index < -0.39 is 5.97 Å². The standard InChI is InChI=1S/C14H13NO3S2/c1-19-11-5-2-4-10(8-11)15-13(16)9-18-14(17)12-6-3-7-20-12/h2-8H,9H2,1H3,(H,15,16). The molecule has 0 aliphatic heterocycles. The maximum atomic E-state index is 11.7. The Morgan fingerprint density at radius 3 is 2.85 bits per heavy atom. The molecular formula is C14H13NO3S2. The van der Waals surface area contributed by atoms with Gasteiger partial charge in [-0.3, -0.25) is 4.79 Å². The van der Waals surface area contributed by atoms with Crippen molar-refractivity contribution < 1.29 is 14.3 Å². The van der Waals surface area contributed by atoms with Gasteiger partial charge < -0.3 is 10.1 Å². The van der Waals surface area contributed by atoms with Crippen LogP contribution >= 0.6 is 23.1 Å². The number of hydrogen-bond acceptors (Lipinski definition) is 5. The van der Waals surface area contributed by atoms with Crippen molar-refractivity contribution in [3.05, 3.63) is 46.7 Å². The highest BCUT2D eigenvalue weighted by Crippen LogP contribution is 2.18. The first-order chi connectivity index (χ1) is 9.69. The zero-order valence-corrected chi connectivity index (χ0v) is 12.4. The SMILES string of the molecule is CSc1cccc(NC(=O)COC(=O)c2cccs2)c1. The fourth-order valence-corrected chi connectivity index (χ4v) is 2.57. The third-order valence-corrected chi connectivity index (χ3v) is 3.99. The molecule has 0 fully saturated rings. The van der Waals surface area contributed by atoms with Gasteiger partial charge in [-0.25, -0.2) is 4.79 Å². The van der Waals surface area contributed by atoms with Gasteiger partial charge in [0.25, 0.3) is 5.91 Å². The summed E-state index contributed by atoms with van der Waals surface area (Å²) in [6.45, 7) is -0.291. The number of ether oxygens (including phenoxy) is 1. The Kier molecular flexibility index (Phi) is 5.20. The predicted octanol–water partition coefficient (Wildman–Crippen LogP) is 3.27. The molecule has 6 heteroatoms. The number of carbonyl (C=O) groups is 2. The molecule has 1 aromatic heterocycles. The minimum atomic E-state index is -0.479. The van der Waals surface area contributed by atoms with Crippen LogP contribution in [0.5, 0.6) is 0 Å². The smallest absolute Gasteiger partial charge is 0.348 e. The van der Waals surface area contributed by atoms with Gasteiger partial charge in [-0.15, -0.1) is 23.1 Å². The van der Waals surface area contributed by atoms with Gasteiger partial charge in [0.1, 0.15) is 4.88 Å². The van der Waals surface area contributed by atoms with Gasteiger partial charge in [0, 0.05) is 10.6 Å².